The smallest absolute Gasteiger partial charge is 0.307 e. The number of carboxylic acid groups (broad SMARTS) is 1. The summed E-state index contributed by atoms with van der Waals surface area (Å²) in [5.74, 6) is 0.0617. The molecule has 0 amide bonds. The average molecular weight is 226 g/mol. The van der Waals surface area contributed by atoms with Crippen molar-refractivity contribution in [3.8, 4) is 0 Å². The maximum atomic E-state index is 10.8. The summed E-state index contributed by atoms with van der Waals surface area (Å²) in [7, 11) is 0. The highest BCUT2D eigenvalue weighted by atomic mass is 16.7. The van der Waals surface area contributed by atoms with Gasteiger partial charge in [-0.05, 0) is 43.9 Å². The van der Waals surface area contributed by atoms with Crippen molar-refractivity contribution in [2.75, 3.05) is 6.61 Å². The van der Waals surface area contributed by atoms with Gasteiger partial charge in [-0.2, -0.15) is 0 Å². The standard InChI is InChI=1S/C12H18O4/c13-12(14)11-8-5-7(6-9(8)11)16-10-3-1-2-4-15-10/h7-11H,1-6H2,(H,13,14). The number of hydrogen-bond donors (Lipinski definition) is 1. The Bertz CT molecular complexity index is 273. The van der Waals surface area contributed by atoms with Gasteiger partial charge >= 0.3 is 5.97 Å². The Morgan fingerprint density at radius 1 is 1.25 bits per heavy atom. The van der Waals surface area contributed by atoms with E-state index in [9.17, 15) is 4.79 Å². The molecule has 0 bridgehead atoms. The van der Waals surface area contributed by atoms with Crippen molar-refractivity contribution >= 4 is 5.97 Å². The van der Waals surface area contributed by atoms with Crippen molar-refractivity contribution in [2.24, 2.45) is 17.8 Å². The van der Waals surface area contributed by atoms with Gasteiger partial charge in [0.25, 0.3) is 0 Å². The molecule has 3 atom stereocenters. The summed E-state index contributed by atoms with van der Waals surface area (Å²) in [6, 6.07) is 0. The molecule has 0 aromatic rings. The van der Waals surface area contributed by atoms with E-state index in [2.05, 4.69) is 0 Å². The van der Waals surface area contributed by atoms with Gasteiger partial charge in [0.2, 0.25) is 0 Å². The second-order valence-electron chi connectivity index (χ2n) is 5.22. The lowest BCUT2D eigenvalue weighted by Crippen LogP contribution is -2.28. The molecule has 3 rings (SSSR count). The maximum absolute atomic E-state index is 10.8. The molecule has 0 aromatic carbocycles. The number of hydrogen-bond acceptors (Lipinski definition) is 3. The quantitative estimate of drug-likeness (QED) is 0.794. The van der Waals surface area contributed by atoms with Crippen molar-refractivity contribution in [1.29, 1.82) is 0 Å². The van der Waals surface area contributed by atoms with Crippen molar-refractivity contribution < 1.29 is 19.4 Å². The molecule has 0 aromatic heterocycles. The first-order valence-corrected chi connectivity index (χ1v) is 6.25. The first kappa shape index (κ1) is 10.5. The molecular weight excluding hydrogens is 208 g/mol. The van der Waals surface area contributed by atoms with Crippen LogP contribution in [0.25, 0.3) is 0 Å². The van der Waals surface area contributed by atoms with Crippen molar-refractivity contribution in [2.45, 2.75) is 44.5 Å². The third kappa shape index (κ3) is 1.84. The van der Waals surface area contributed by atoms with Gasteiger partial charge in [-0.1, -0.05) is 0 Å². The second-order valence-corrected chi connectivity index (χ2v) is 5.22. The zero-order valence-electron chi connectivity index (χ0n) is 9.30. The van der Waals surface area contributed by atoms with Gasteiger partial charge in [0.15, 0.2) is 6.29 Å². The van der Waals surface area contributed by atoms with Gasteiger partial charge in [-0.25, -0.2) is 0 Å². The molecule has 3 unspecified atom stereocenters. The number of ether oxygens (including phenoxy) is 2. The lowest BCUT2D eigenvalue weighted by Gasteiger charge is -2.26. The SMILES string of the molecule is O=C(O)C1C2CC(OC3CCCCO3)CC21. The normalized spacial score (nSPS) is 46.4. The van der Waals surface area contributed by atoms with Crippen LogP contribution in [-0.4, -0.2) is 30.1 Å². The summed E-state index contributed by atoms with van der Waals surface area (Å²) < 4.78 is 11.4. The van der Waals surface area contributed by atoms with E-state index in [1.807, 2.05) is 0 Å². The van der Waals surface area contributed by atoms with E-state index < -0.39 is 5.97 Å². The molecule has 1 saturated heterocycles. The lowest BCUT2D eigenvalue weighted by atomic mass is 10.1. The largest absolute Gasteiger partial charge is 0.481 e. The van der Waals surface area contributed by atoms with Crippen LogP contribution >= 0.6 is 0 Å². The molecule has 2 aliphatic carbocycles. The van der Waals surface area contributed by atoms with Gasteiger partial charge in [0, 0.05) is 6.61 Å². The van der Waals surface area contributed by atoms with Crippen molar-refractivity contribution in [3.05, 3.63) is 0 Å². The number of aliphatic carboxylic acids is 1. The fraction of sp³-hybridized carbons (Fsp3) is 0.917. The molecule has 3 fully saturated rings. The summed E-state index contributed by atoms with van der Waals surface area (Å²) >= 11 is 0. The Morgan fingerprint density at radius 3 is 2.56 bits per heavy atom. The van der Waals surface area contributed by atoms with Crippen LogP contribution in [0.15, 0.2) is 0 Å². The predicted octanol–water partition coefficient (Wildman–Crippen LogP) is 1.64. The molecule has 1 aliphatic heterocycles. The highest BCUT2D eigenvalue weighted by molar-refractivity contribution is 5.74. The summed E-state index contributed by atoms with van der Waals surface area (Å²) in [6.45, 7) is 0.808. The Hall–Kier alpha value is -0.610. The van der Waals surface area contributed by atoms with Gasteiger partial charge in [-0.15, -0.1) is 0 Å². The fourth-order valence-electron chi connectivity index (χ4n) is 3.30. The van der Waals surface area contributed by atoms with Gasteiger partial charge < -0.3 is 14.6 Å². The molecular formula is C12H18O4. The lowest BCUT2D eigenvalue weighted by molar-refractivity contribution is -0.189. The zero-order chi connectivity index (χ0) is 11.1. The molecule has 0 radical (unpaired) electrons. The van der Waals surface area contributed by atoms with Crippen LogP contribution in [0.5, 0.6) is 0 Å². The van der Waals surface area contributed by atoms with Crippen LogP contribution in [0.4, 0.5) is 0 Å². The Morgan fingerprint density at radius 2 is 2.00 bits per heavy atom. The van der Waals surface area contributed by atoms with E-state index >= 15 is 0 Å². The van der Waals surface area contributed by atoms with E-state index in [0.29, 0.717) is 11.8 Å². The van der Waals surface area contributed by atoms with E-state index in [-0.39, 0.29) is 18.3 Å². The molecule has 2 saturated carbocycles. The summed E-state index contributed by atoms with van der Waals surface area (Å²) in [6.07, 6.45) is 5.36. The van der Waals surface area contributed by atoms with Crippen LogP contribution < -0.4 is 0 Å². The Balaban J connectivity index is 1.45. The van der Waals surface area contributed by atoms with Crippen LogP contribution in [0, 0.1) is 17.8 Å². The minimum atomic E-state index is -0.623. The van der Waals surface area contributed by atoms with Crippen LogP contribution in [0.3, 0.4) is 0 Å². The van der Waals surface area contributed by atoms with Crippen molar-refractivity contribution in [3.63, 3.8) is 0 Å². The highest BCUT2D eigenvalue weighted by Gasteiger charge is 2.60. The van der Waals surface area contributed by atoms with Gasteiger partial charge in [-0.3, -0.25) is 4.79 Å². The summed E-state index contributed by atoms with van der Waals surface area (Å²) in [4.78, 5) is 10.8. The zero-order valence-corrected chi connectivity index (χ0v) is 9.30. The van der Waals surface area contributed by atoms with E-state index in [1.54, 1.807) is 0 Å². The van der Waals surface area contributed by atoms with Crippen LogP contribution in [-0.2, 0) is 14.3 Å². The van der Waals surface area contributed by atoms with Crippen molar-refractivity contribution in [1.82, 2.24) is 0 Å². The summed E-state index contributed by atoms with van der Waals surface area (Å²) in [5, 5.41) is 8.90. The van der Waals surface area contributed by atoms with E-state index in [0.717, 1.165) is 32.3 Å². The van der Waals surface area contributed by atoms with E-state index in [1.165, 1.54) is 6.42 Å². The third-order valence-corrected chi connectivity index (χ3v) is 4.17. The number of carboxylic acids is 1. The molecule has 90 valence electrons. The Kier molecular flexibility index (Phi) is 2.64. The van der Waals surface area contributed by atoms with Crippen LogP contribution in [0.2, 0.25) is 0 Å². The minimum Gasteiger partial charge on any atom is -0.481 e. The second kappa shape index (κ2) is 4.00. The predicted molar refractivity (Wildman–Crippen MR) is 55.8 cm³/mol. The fourth-order valence-corrected chi connectivity index (χ4v) is 3.30. The monoisotopic (exact) mass is 226 g/mol. The molecule has 4 heteroatoms. The minimum absolute atomic E-state index is 0.0282. The molecule has 0 spiro atoms. The first-order valence-electron chi connectivity index (χ1n) is 6.25. The van der Waals surface area contributed by atoms with Gasteiger partial charge in [0.1, 0.15) is 0 Å². The molecule has 3 aliphatic rings. The number of rotatable bonds is 3. The molecule has 1 heterocycles. The molecule has 1 N–H and O–H groups in total. The van der Waals surface area contributed by atoms with Crippen LogP contribution in [0.1, 0.15) is 32.1 Å². The molecule has 16 heavy (non-hydrogen) atoms. The van der Waals surface area contributed by atoms with Gasteiger partial charge in [0.05, 0.1) is 12.0 Å². The van der Waals surface area contributed by atoms with E-state index in [4.69, 9.17) is 14.6 Å². The topological polar surface area (TPSA) is 55.8 Å². The third-order valence-electron chi connectivity index (χ3n) is 4.17. The number of fused-ring (bicyclic) bond motifs is 1. The first-order chi connectivity index (χ1) is 7.75. The Labute approximate surface area is 94.9 Å². The average Bonchev–Trinajstić information content (AvgIpc) is 2.79. The highest BCUT2D eigenvalue weighted by Crippen LogP contribution is 2.58. The summed E-state index contributed by atoms with van der Waals surface area (Å²) in [5.41, 5.74) is 0. The molecule has 4 nitrogen and oxygen atoms in total. The number of carbonyl (C=O) groups is 1. The maximum Gasteiger partial charge on any atom is 0.307 e.